The fourth-order valence-corrected chi connectivity index (χ4v) is 2.62. The molecule has 0 aliphatic carbocycles. The number of carbonyl (C=O) groups excluding carboxylic acids is 1. The SMILES string of the molecule is Cc1cc(-n2ncc(C#N)c2NC(=O)C(C)(C)CCl)nc2ccccc12. The number of fused-ring (bicyclic) bond motifs is 1. The largest absolute Gasteiger partial charge is 0.309 e. The zero-order valence-electron chi connectivity index (χ0n) is 14.7. The molecule has 0 spiro atoms. The fourth-order valence-electron chi connectivity index (χ4n) is 2.50. The summed E-state index contributed by atoms with van der Waals surface area (Å²) in [7, 11) is 0. The number of nitrogens with one attached hydrogen (secondary N) is 1. The second-order valence-corrected chi connectivity index (χ2v) is 6.98. The molecule has 0 aliphatic heterocycles. The van der Waals surface area contributed by atoms with Crippen molar-refractivity contribution < 1.29 is 4.79 Å². The fraction of sp³-hybridized carbons (Fsp3) is 0.263. The predicted molar refractivity (Wildman–Crippen MR) is 101 cm³/mol. The van der Waals surface area contributed by atoms with Crippen LogP contribution < -0.4 is 5.32 Å². The molecule has 0 radical (unpaired) electrons. The minimum Gasteiger partial charge on any atom is -0.309 e. The lowest BCUT2D eigenvalue weighted by Crippen LogP contribution is -2.33. The van der Waals surface area contributed by atoms with Gasteiger partial charge in [-0.15, -0.1) is 11.6 Å². The summed E-state index contributed by atoms with van der Waals surface area (Å²) in [5.74, 6) is 0.685. The standard InChI is InChI=1S/C19H18ClN5O/c1-12-8-16(23-15-7-5-4-6-14(12)15)25-17(13(9-21)10-22-25)24-18(26)19(2,3)11-20/h4-8,10H,11H2,1-3H3,(H,24,26). The molecule has 3 aromatic rings. The normalized spacial score (nSPS) is 11.3. The number of para-hydroxylation sites is 1. The molecule has 1 aromatic carbocycles. The highest BCUT2D eigenvalue weighted by Gasteiger charge is 2.28. The van der Waals surface area contributed by atoms with Crippen molar-refractivity contribution in [3.05, 3.63) is 47.7 Å². The van der Waals surface area contributed by atoms with Crippen molar-refractivity contribution in [1.29, 1.82) is 5.26 Å². The molecule has 0 saturated carbocycles. The van der Waals surface area contributed by atoms with Crippen molar-refractivity contribution in [3.63, 3.8) is 0 Å². The van der Waals surface area contributed by atoms with Crippen molar-refractivity contribution in [3.8, 4) is 11.9 Å². The van der Waals surface area contributed by atoms with Gasteiger partial charge in [-0.3, -0.25) is 4.79 Å². The van der Waals surface area contributed by atoms with E-state index >= 15 is 0 Å². The number of amides is 1. The summed E-state index contributed by atoms with van der Waals surface area (Å²) in [6, 6.07) is 11.7. The molecule has 0 unspecified atom stereocenters. The van der Waals surface area contributed by atoms with Crippen LogP contribution in [0.15, 0.2) is 36.5 Å². The summed E-state index contributed by atoms with van der Waals surface area (Å²) in [5.41, 5.74) is 1.32. The molecule has 0 atom stereocenters. The Kier molecular flexibility index (Phi) is 4.66. The van der Waals surface area contributed by atoms with Gasteiger partial charge in [0.05, 0.1) is 17.1 Å². The van der Waals surface area contributed by atoms with E-state index in [0.29, 0.717) is 5.82 Å². The third-order valence-corrected chi connectivity index (χ3v) is 4.87. The van der Waals surface area contributed by atoms with Gasteiger partial charge in [0.1, 0.15) is 11.6 Å². The zero-order valence-corrected chi connectivity index (χ0v) is 15.5. The maximum atomic E-state index is 12.5. The summed E-state index contributed by atoms with van der Waals surface area (Å²) >= 11 is 5.88. The third kappa shape index (κ3) is 3.14. The van der Waals surface area contributed by atoms with Gasteiger partial charge in [-0.25, -0.2) is 4.98 Å². The van der Waals surface area contributed by atoms with E-state index in [4.69, 9.17) is 11.6 Å². The monoisotopic (exact) mass is 367 g/mol. The topological polar surface area (TPSA) is 83.6 Å². The van der Waals surface area contributed by atoms with E-state index in [9.17, 15) is 10.1 Å². The van der Waals surface area contributed by atoms with Gasteiger partial charge in [0.25, 0.3) is 0 Å². The number of anilines is 1. The highest BCUT2D eigenvalue weighted by atomic mass is 35.5. The average molecular weight is 368 g/mol. The Bertz CT molecular complexity index is 1030. The van der Waals surface area contributed by atoms with Crippen molar-refractivity contribution in [2.75, 3.05) is 11.2 Å². The number of pyridine rings is 1. The van der Waals surface area contributed by atoms with Crippen LogP contribution in [0.3, 0.4) is 0 Å². The number of hydrogen-bond donors (Lipinski definition) is 1. The van der Waals surface area contributed by atoms with Crippen molar-refractivity contribution in [2.45, 2.75) is 20.8 Å². The van der Waals surface area contributed by atoms with Crippen LogP contribution in [0.4, 0.5) is 5.82 Å². The highest BCUT2D eigenvalue weighted by Crippen LogP contribution is 2.26. The molecule has 132 valence electrons. The third-order valence-electron chi connectivity index (χ3n) is 4.20. The molecular formula is C19H18ClN5O. The molecule has 1 amide bonds. The van der Waals surface area contributed by atoms with Crippen LogP contribution in [-0.2, 0) is 4.79 Å². The van der Waals surface area contributed by atoms with Gasteiger partial charge in [-0.1, -0.05) is 18.2 Å². The highest BCUT2D eigenvalue weighted by molar-refractivity contribution is 6.20. The van der Waals surface area contributed by atoms with Crippen molar-refractivity contribution in [1.82, 2.24) is 14.8 Å². The summed E-state index contributed by atoms with van der Waals surface area (Å²) < 4.78 is 1.47. The molecule has 1 N–H and O–H groups in total. The number of halogens is 1. The first-order valence-electron chi connectivity index (χ1n) is 8.09. The summed E-state index contributed by atoms with van der Waals surface area (Å²) in [4.78, 5) is 17.1. The Morgan fingerprint density at radius 2 is 2.12 bits per heavy atom. The first kappa shape index (κ1) is 17.9. The van der Waals surface area contributed by atoms with Gasteiger partial charge in [0.15, 0.2) is 11.6 Å². The number of nitriles is 1. The van der Waals surface area contributed by atoms with Gasteiger partial charge in [0, 0.05) is 11.3 Å². The molecule has 3 rings (SSSR count). The molecule has 7 heteroatoms. The minimum absolute atomic E-state index is 0.155. The van der Waals surface area contributed by atoms with E-state index in [1.807, 2.05) is 37.3 Å². The molecule has 0 fully saturated rings. The van der Waals surface area contributed by atoms with Crippen LogP contribution in [-0.4, -0.2) is 26.6 Å². The van der Waals surface area contributed by atoms with E-state index in [-0.39, 0.29) is 23.2 Å². The Balaban J connectivity index is 2.11. The average Bonchev–Trinajstić information content (AvgIpc) is 3.04. The molecule has 0 aliphatic rings. The van der Waals surface area contributed by atoms with Crippen LogP contribution in [0.5, 0.6) is 0 Å². The summed E-state index contributed by atoms with van der Waals surface area (Å²) in [5, 5.41) is 17.4. The second kappa shape index (κ2) is 6.77. The number of alkyl halides is 1. The van der Waals surface area contributed by atoms with Crippen molar-refractivity contribution >= 4 is 34.2 Å². The number of benzene rings is 1. The predicted octanol–water partition coefficient (Wildman–Crippen LogP) is 3.80. The van der Waals surface area contributed by atoms with E-state index in [1.165, 1.54) is 10.9 Å². The van der Waals surface area contributed by atoms with Crippen molar-refractivity contribution in [2.24, 2.45) is 5.41 Å². The maximum absolute atomic E-state index is 12.5. The van der Waals surface area contributed by atoms with E-state index < -0.39 is 5.41 Å². The molecule has 26 heavy (non-hydrogen) atoms. The Morgan fingerprint density at radius 3 is 2.81 bits per heavy atom. The summed E-state index contributed by atoms with van der Waals surface area (Å²) in [6.07, 6.45) is 1.41. The molecule has 0 bridgehead atoms. The van der Waals surface area contributed by atoms with E-state index in [0.717, 1.165) is 16.5 Å². The number of nitrogens with zero attached hydrogens (tertiary/aromatic N) is 4. The number of aryl methyl sites for hydroxylation is 1. The lowest BCUT2D eigenvalue weighted by Gasteiger charge is -2.20. The molecule has 2 heterocycles. The number of hydrogen-bond acceptors (Lipinski definition) is 4. The molecule has 2 aromatic heterocycles. The summed E-state index contributed by atoms with van der Waals surface area (Å²) in [6.45, 7) is 5.46. The first-order valence-corrected chi connectivity index (χ1v) is 8.63. The van der Waals surface area contributed by atoms with Crippen LogP contribution in [0.1, 0.15) is 25.0 Å². The molecule has 0 saturated heterocycles. The van der Waals surface area contributed by atoms with Crippen LogP contribution in [0, 0.1) is 23.7 Å². The van der Waals surface area contributed by atoms with Crippen LogP contribution >= 0.6 is 11.6 Å². The van der Waals surface area contributed by atoms with Gasteiger partial charge in [-0.05, 0) is 38.5 Å². The smallest absolute Gasteiger partial charge is 0.232 e. The number of rotatable bonds is 4. The van der Waals surface area contributed by atoms with Gasteiger partial charge < -0.3 is 5.32 Å². The Morgan fingerprint density at radius 1 is 1.38 bits per heavy atom. The van der Waals surface area contributed by atoms with Gasteiger partial charge in [-0.2, -0.15) is 15.0 Å². The minimum atomic E-state index is -0.782. The molecule has 6 nitrogen and oxygen atoms in total. The van der Waals surface area contributed by atoms with E-state index in [2.05, 4.69) is 21.5 Å². The first-order chi connectivity index (χ1) is 12.4. The second-order valence-electron chi connectivity index (χ2n) is 6.72. The lowest BCUT2D eigenvalue weighted by molar-refractivity contribution is -0.123. The Hall–Kier alpha value is -2.91. The number of aromatic nitrogens is 3. The quantitative estimate of drug-likeness (QED) is 0.711. The molecular weight excluding hydrogens is 350 g/mol. The lowest BCUT2D eigenvalue weighted by atomic mass is 9.95. The van der Waals surface area contributed by atoms with Gasteiger partial charge in [0.2, 0.25) is 5.91 Å². The van der Waals surface area contributed by atoms with Gasteiger partial charge >= 0.3 is 0 Å². The maximum Gasteiger partial charge on any atom is 0.232 e. The Labute approximate surface area is 156 Å². The number of carbonyl (C=O) groups is 1. The van der Waals surface area contributed by atoms with Crippen LogP contribution in [0.2, 0.25) is 0 Å². The van der Waals surface area contributed by atoms with E-state index in [1.54, 1.807) is 13.8 Å². The van der Waals surface area contributed by atoms with Crippen LogP contribution in [0.25, 0.3) is 16.7 Å². The zero-order chi connectivity index (χ0) is 18.9.